The van der Waals surface area contributed by atoms with Gasteiger partial charge >= 0.3 is 6.15 Å². The Hall–Kier alpha value is -2.39. The third-order valence-electron chi connectivity index (χ3n) is 3.07. The minimum absolute atomic E-state index is 0.0409. The third kappa shape index (κ3) is 3.09. The molecule has 0 aliphatic heterocycles. The SMILES string of the molecule is CC[C@H](C)n1ccc2c(N)cccc2c1=O.O=C=O. The predicted octanol–water partition coefficient (Wildman–Crippen LogP) is 1.97. The second-order valence-electron chi connectivity index (χ2n) is 4.18. The van der Waals surface area contributed by atoms with Gasteiger partial charge in [-0.2, -0.15) is 9.59 Å². The van der Waals surface area contributed by atoms with Crippen molar-refractivity contribution in [1.29, 1.82) is 0 Å². The lowest BCUT2D eigenvalue weighted by Crippen LogP contribution is -2.22. The number of carbonyl (C=O) groups excluding carboxylic acids is 2. The molecule has 100 valence electrons. The van der Waals surface area contributed by atoms with Crippen LogP contribution >= 0.6 is 0 Å². The minimum Gasteiger partial charge on any atom is -0.398 e. The number of nitrogens with two attached hydrogens (primary N) is 1. The van der Waals surface area contributed by atoms with E-state index >= 15 is 0 Å². The molecule has 2 aromatic rings. The molecule has 0 radical (unpaired) electrons. The molecule has 19 heavy (non-hydrogen) atoms. The van der Waals surface area contributed by atoms with Gasteiger partial charge < -0.3 is 10.3 Å². The Bertz CT molecular complexity index is 655. The molecule has 0 bridgehead atoms. The van der Waals surface area contributed by atoms with Crippen LogP contribution in [0.4, 0.5) is 5.69 Å². The molecule has 1 heterocycles. The van der Waals surface area contributed by atoms with Crippen molar-refractivity contribution in [3.8, 4) is 0 Å². The molecule has 5 heteroatoms. The molecule has 0 aliphatic carbocycles. The number of nitrogens with zero attached hydrogens (tertiary/aromatic N) is 1. The van der Waals surface area contributed by atoms with Crippen molar-refractivity contribution in [2.45, 2.75) is 26.3 Å². The molecule has 1 aromatic heterocycles. The zero-order chi connectivity index (χ0) is 14.4. The van der Waals surface area contributed by atoms with Crippen molar-refractivity contribution in [1.82, 2.24) is 4.57 Å². The van der Waals surface area contributed by atoms with Gasteiger partial charge in [-0.1, -0.05) is 13.0 Å². The van der Waals surface area contributed by atoms with E-state index in [0.717, 1.165) is 11.8 Å². The highest BCUT2D eigenvalue weighted by Crippen LogP contribution is 2.18. The van der Waals surface area contributed by atoms with Gasteiger partial charge in [-0.25, -0.2) is 0 Å². The van der Waals surface area contributed by atoms with Gasteiger partial charge in [0.05, 0.1) is 0 Å². The molecule has 5 nitrogen and oxygen atoms in total. The molecule has 1 aromatic carbocycles. The van der Waals surface area contributed by atoms with Crippen molar-refractivity contribution in [2.24, 2.45) is 0 Å². The Kier molecular flexibility index (Phi) is 5.03. The Morgan fingerprint density at radius 1 is 1.26 bits per heavy atom. The highest BCUT2D eigenvalue weighted by Gasteiger charge is 2.08. The van der Waals surface area contributed by atoms with Gasteiger partial charge in [0.25, 0.3) is 5.56 Å². The van der Waals surface area contributed by atoms with Crippen molar-refractivity contribution >= 4 is 22.6 Å². The standard InChI is InChI=1S/C13H16N2O.CO2/c1-3-9(2)15-8-7-10-11(13(15)16)5-4-6-12(10)14;2-1-3/h4-9H,3,14H2,1-2H3;/t9-;/m0./s1. The van der Waals surface area contributed by atoms with Gasteiger partial charge in [0.2, 0.25) is 0 Å². The molecule has 0 aliphatic rings. The maximum Gasteiger partial charge on any atom is 0.373 e. The maximum absolute atomic E-state index is 12.2. The molecule has 0 unspecified atom stereocenters. The fraction of sp³-hybridized carbons (Fsp3) is 0.286. The fourth-order valence-corrected chi connectivity index (χ4v) is 1.86. The van der Waals surface area contributed by atoms with Gasteiger partial charge in [0.1, 0.15) is 0 Å². The summed E-state index contributed by atoms with van der Waals surface area (Å²) in [5.74, 6) is 0. The van der Waals surface area contributed by atoms with Crippen LogP contribution in [0.15, 0.2) is 35.3 Å². The van der Waals surface area contributed by atoms with Gasteiger partial charge in [0, 0.05) is 28.7 Å². The summed E-state index contributed by atoms with van der Waals surface area (Å²) in [5.41, 5.74) is 6.53. The first-order valence-corrected chi connectivity index (χ1v) is 5.95. The van der Waals surface area contributed by atoms with Crippen LogP contribution in [0, 0.1) is 0 Å². The summed E-state index contributed by atoms with van der Waals surface area (Å²) >= 11 is 0. The van der Waals surface area contributed by atoms with Crippen LogP contribution in [0.1, 0.15) is 26.3 Å². The van der Waals surface area contributed by atoms with Crippen LogP contribution in [0.2, 0.25) is 0 Å². The van der Waals surface area contributed by atoms with E-state index in [1.807, 2.05) is 37.4 Å². The second-order valence-corrected chi connectivity index (χ2v) is 4.18. The first-order valence-electron chi connectivity index (χ1n) is 5.95. The van der Waals surface area contributed by atoms with E-state index in [4.69, 9.17) is 15.3 Å². The maximum atomic E-state index is 12.2. The summed E-state index contributed by atoms with van der Waals surface area (Å²) in [7, 11) is 0. The smallest absolute Gasteiger partial charge is 0.373 e. The van der Waals surface area contributed by atoms with Crippen LogP contribution in [-0.2, 0) is 9.59 Å². The molecule has 2 rings (SSSR count). The van der Waals surface area contributed by atoms with Crippen LogP contribution < -0.4 is 11.3 Å². The molecule has 0 saturated heterocycles. The van der Waals surface area contributed by atoms with Crippen LogP contribution in [0.25, 0.3) is 10.8 Å². The largest absolute Gasteiger partial charge is 0.398 e. The normalized spacial score (nSPS) is 11.3. The monoisotopic (exact) mass is 260 g/mol. The number of pyridine rings is 1. The Labute approximate surface area is 110 Å². The van der Waals surface area contributed by atoms with Gasteiger partial charge in [-0.05, 0) is 31.5 Å². The molecule has 0 amide bonds. The lowest BCUT2D eigenvalue weighted by Gasteiger charge is -2.13. The Morgan fingerprint density at radius 3 is 2.47 bits per heavy atom. The number of nitrogen functional groups attached to an aromatic ring is 1. The van der Waals surface area contributed by atoms with Crippen molar-refractivity contribution in [3.05, 3.63) is 40.8 Å². The number of benzene rings is 1. The second kappa shape index (κ2) is 6.52. The summed E-state index contributed by atoms with van der Waals surface area (Å²) in [5, 5.41) is 1.54. The number of aromatic nitrogens is 1. The molecular formula is C14H16N2O3. The quantitative estimate of drug-likeness (QED) is 0.837. The summed E-state index contributed by atoms with van der Waals surface area (Å²) < 4.78 is 1.77. The number of fused-ring (bicyclic) bond motifs is 1. The first-order chi connectivity index (χ1) is 9.06. The highest BCUT2D eigenvalue weighted by atomic mass is 16.2. The lowest BCUT2D eigenvalue weighted by molar-refractivity contribution is -0.191. The minimum atomic E-state index is 0.0409. The van der Waals surface area contributed by atoms with E-state index in [1.54, 1.807) is 4.57 Å². The zero-order valence-electron chi connectivity index (χ0n) is 10.9. The first kappa shape index (κ1) is 14.7. The van der Waals surface area contributed by atoms with E-state index < -0.39 is 0 Å². The van der Waals surface area contributed by atoms with Crippen molar-refractivity contribution in [3.63, 3.8) is 0 Å². The Balaban J connectivity index is 0.000000550. The molecule has 2 N–H and O–H groups in total. The molecule has 0 fully saturated rings. The Morgan fingerprint density at radius 2 is 1.89 bits per heavy atom. The topological polar surface area (TPSA) is 82.2 Å². The number of anilines is 1. The third-order valence-corrected chi connectivity index (χ3v) is 3.07. The van der Waals surface area contributed by atoms with E-state index in [2.05, 4.69) is 6.92 Å². The van der Waals surface area contributed by atoms with Gasteiger partial charge in [0.15, 0.2) is 0 Å². The average Bonchev–Trinajstić information content (AvgIpc) is 2.40. The van der Waals surface area contributed by atoms with E-state index in [1.165, 1.54) is 0 Å². The van der Waals surface area contributed by atoms with Gasteiger partial charge in [-0.15, -0.1) is 0 Å². The summed E-state index contributed by atoms with van der Waals surface area (Å²) in [6.07, 6.45) is 3.02. The van der Waals surface area contributed by atoms with E-state index in [9.17, 15) is 4.79 Å². The number of rotatable bonds is 2. The van der Waals surface area contributed by atoms with Crippen LogP contribution in [-0.4, -0.2) is 10.7 Å². The lowest BCUT2D eigenvalue weighted by atomic mass is 10.1. The summed E-state index contributed by atoms with van der Waals surface area (Å²) in [6, 6.07) is 7.60. The van der Waals surface area contributed by atoms with Crippen molar-refractivity contribution < 1.29 is 9.59 Å². The zero-order valence-corrected chi connectivity index (χ0v) is 10.9. The molecule has 0 saturated carbocycles. The van der Waals surface area contributed by atoms with Crippen LogP contribution in [0.3, 0.4) is 0 Å². The van der Waals surface area contributed by atoms with E-state index in [0.29, 0.717) is 11.1 Å². The van der Waals surface area contributed by atoms with Gasteiger partial charge in [-0.3, -0.25) is 4.79 Å². The highest BCUT2D eigenvalue weighted by molar-refractivity contribution is 5.91. The molecule has 0 spiro atoms. The average molecular weight is 260 g/mol. The summed E-state index contributed by atoms with van der Waals surface area (Å²) in [4.78, 5) is 28.4. The molecule has 1 atom stereocenters. The number of hydrogen-bond donors (Lipinski definition) is 1. The van der Waals surface area contributed by atoms with Crippen molar-refractivity contribution in [2.75, 3.05) is 5.73 Å². The fourth-order valence-electron chi connectivity index (χ4n) is 1.86. The van der Waals surface area contributed by atoms with Crippen LogP contribution in [0.5, 0.6) is 0 Å². The number of hydrogen-bond acceptors (Lipinski definition) is 4. The summed E-state index contributed by atoms with van der Waals surface area (Å²) in [6.45, 7) is 4.11. The molecular weight excluding hydrogens is 244 g/mol. The predicted molar refractivity (Wildman–Crippen MR) is 72.6 cm³/mol. The van der Waals surface area contributed by atoms with E-state index in [-0.39, 0.29) is 17.8 Å².